The van der Waals surface area contributed by atoms with Crippen LogP contribution in [0.15, 0.2) is 42.5 Å². The van der Waals surface area contributed by atoms with Crippen molar-refractivity contribution >= 4 is 64.6 Å². The number of nitrogen functional groups attached to an aromatic ring is 1. The molecule has 21 heavy (non-hydrogen) atoms. The fourth-order valence-corrected chi connectivity index (χ4v) is 2.52. The highest BCUT2D eigenvalue weighted by Gasteiger charge is 2.12. The zero-order valence-corrected chi connectivity index (χ0v) is 12.5. The molecule has 3 rings (SSSR count). The third kappa shape index (κ3) is 2.58. The minimum Gasteiger partial charge on any atom is -0.399 e. The number of halogens is 2. The first-order valence-corrected chi connectivity index (χ1v) is 5.90. The van der Waals surface area contributed by atoms with E-state index in [0.717, 1.165) is 34.1 Å². The Morgan fingerprint density at radius 1 is 0.714 bits per heavy atom. The fraction of sp³-hybridized carbons (Fsp3) is 0. The van der Waals surface area contributed by atoms with E-state index in [9.17, 15) is 9.59 Å². The molecule has 2 N–H and O–H groups in total. The van der Waals surface area contributed by atoms with Crippen LogP contribution in [-0.2, 0) is 0 Å². The lowest BCUT2D eigenvalue weighted by Gasteiger charge is -2.10. The molecule has 0 saturated heterocycles. The van der Waals surface area contributed by atoms with Crippen LogP contribution in [-0.4, -0.2) is 12.6 Å². The maximum Gasteiger partial charge on any atom is 0.151 e. The third-order valence-electron chi connectivity index (χ3n) is 3.37. The first-order chi connectivity index (χ1) is 9.26. The highest BCUT2D eigenvalue weighted by atomic mass is 35.5. The van der Waals surface area contributed by atoms with Crippen LogP contribution < -0.4 is 5.73 Å². The maximum absolute atomic E-state index is 11.4. The Hall–Kier alpha value is -2.10. The van der Waals surface area contributed by atoms with Crippen LogP contribution >= 0.6 is 24.8 Å². The highest BCUT2D eigenvalue weighted by Crippen LogP contribution is 2.32. The molecule has 5 heteroatoms. The van der Waals surface area contributed by atoms with E-state index in [1.165, 1.54) is 0 Å². The number of hydrogen-bond acceptors (Lipinski definition) is 3. The Labute approximate surface area is 133 Å². The summed E-state index contributed by atoms with van der Waals surface area (Å²) in [5.74, 6) is 0. The van der Waals surface area contributed by atoms with Crippen molar-refractivity contribution in [3.8, 4) is 0 Å². The second kappa shape index (κ2) is 6.57. The number of hydrogen-bond donors (Lipinski definition) is 1. The van der Waals surface area contributed by atoms with Gasteiger partial charge in [0.05, 0.1) is 0 Å². The minimum absolute atomic E-state index is 0. The highest BCUT2D eigenvalue weighted by molar-refractivity contribution is 6.20. The van der Waals surface area contributed by atoms with Gasteiger partial charge in [0.25, 0.3) is 0 Å². The lowest BCUT2D eigenvalue weighted by atomic mass is 9.92. The Morgan fingerprint density at radius 2 is 1.19 bits per heavy atom. The summed E-state index contributed by atoms with van der Waals surface area (Å²) in [4.78, 5) is 22.8. The van der Waals surface area contributed by atoms with Gasteiger partial charge in [-0.15, -0.1) is 24.8 Å². The molecule has 3 nitrogen and oxygen atoms in total. The molecule has 0 radical (unpaired) electrons. The van der Waals surface area contributed by atoms with Crippen molar-refractivity contribution in [3.63, 3.8) is 0 Å². The van der Waals surface area contributed by atoms with Crippen LogP contribution in [0.4, 0.5) is 5.69 Å². The second-order valence-electron chi connectivity index (χ2n) is 4.41. The van der Waals surface area contributed by atoms with Gasteiger partial charge in [-0.3, -0.25) is 9.59 Å². The van der Waals surface area contributed by atoms with Gasteiger partial charge in [-0.05, 0) is 33.7 Å². The average molecular weight is 322 g/mol. The summed E-state index contributed by atoms with van der Waals surface area (Å²) in [5, 5.41) is 3.04. The SMILES string of the molecule is Cl.Cl.Nc1ccc2c(C=O)c3ccccc3c(C=O)c2c1. The van der Waals surface area contributed by atoms with Crippen LogP contribution in [0, 0.1) is 0 Å². The van der Waals surface area contributed by atoms with Crippen LogP contribution in [0.1, 0.15) is 20.7 Å². The maximum atomic E-state index is 11.4. The molecule has 0 saturated carbocycles. The quantitative estimate of drug-likeness (QED) is 0.440. The number of anilines is 1. The molecule has 3 aromatic carbocycles. The van der Waals surface area contributed by atoms with Crippen LogP contribution in [0.3, 0.4) is 0 Å². The van der Waals surface area contributed by atoms with Gasteiger partial charge in [0.15, 0.2) is 12.6 Å². The first kappa shape index (κ1) is 17.0. The molecule has 0 fully saturated rings. The molecule has 0 aromatic heterocycles. The average Bonchev–Trinajstić information content (AvgIpc) is 2.44. The Balaban J connectivity index is 0.00000110. The minimum atomic E-state index is 0. The van der Waals surface area contributed by atoms with E-state index >= 15 is 0 Å². The largest absolute Gasteiger partial charge is 0.399 e. The van der Waals surface area contributed by atoms with Crippen LogP contribution in [0.5, 0.6) is 0 Å². The topological polar surface area (TPSA) is 60.2 Å². The second-order valence-corrected chi connectivity index (χ2v) is 4.41. The van der Waals surface area contributed by atoms with Crippen molar-refractivity contribution in [3.05, 3.63) is 53.6 Å². The molecule has 108 valence electrons. The normalized spacial score (nSPS) is 9.71. The van der Waals surface area contributed by atoms with E-state index < -0.39 is 0 Å². The number of aldehydes is 2. The number of carbonyl (C=O) groups is 2. The van der Waals surface area contributed by atoms with Gasteiger partial charge in [-0.1, -0.05) is 30.3 Å². The van der Waals surface area contributed by atoms with Crippen molar-refractivity contribution in [2.45, 2.75) is 0 Å². The summed E-state index contributed by atoms with van der Waals surface area (Å²) in [6.07, 6.45) is 1.65. The summed E-state index contributed by atoms with van der Waals surface area (Å²) in [5.41, 5.74) is 7.52. The molecule has 0 bridgehead atoms. The molecule has 0 heterocycles. The zero-order chi connectivity index (χ0) is 13.4. The van der Waals surface area contributed by atoms with Gasteiger partial charge in [-0.25, -0.2) is 0 Å². The van der Waals surface area contributed by atoms with E-state index in [0.29, 0.717) is 16.8 Å². The van der Waals surface area contributed by atoms with Gasteiger partial charge in [0.1, 0.15) is 0 Å². The van der Waals surface area contributed by atoms with Gasteiger partial charge in [-0.2, -0.15) is 0 Å². The number of fused-ring (bicyclic) bond motifs is 2. The fourth-order valence-electron chi connectivity index (χ4n) is 2.52. The summed E-state index contributed by atoms with van der Waals surface area (Å²) in [6, 6.07) is 12.6. The Bertz CT molecular complexity index is 831. The van der Waals surface area contributed by atoms with Crippen LogP contribution in [0.2, 0.25) is 0 Å². The standard InChI is InChI=1S/C16H11NO2.2ClH/c17-10-5-6-13-14(7-10)16(9-19)12-4-2-1-3-11(12)15(13)8-18;;/h1-9H,17H2;2*1H. The summed E-state index contributed by atoms with van der Waals surface area (Å²) in [6.45, 7) is 0. The van der Waals surface area contributed by atoms with Crippen molar-refractivity contribution in [2.75, 3.05) is 5.73 Å². The Kier molecular flexibility index (Phi) is 5.30. The lowest BCUT2D eigenvalue weighted by molar-refractivity contribution is 0.111. The number of nitrogens with two attached hydrogens (primary N) is 1. The first-order valence-electron chi connectivity index (χ1n) is 5.90. The Morgan fingerprint density at radius 3 is 1.71 bits per heavy atom. The molecule has 0 aliphatic carbocycles. The number of carbonyl (C=O) groups excluding carboxylic acids is 2. The van der Waals surface area contributed by atoms with Crippen molar-refractivity contribution in [1.29, 1.82) is 0 Å². The van der Waals surface area contributed by atoms with E-state index in [1.54, 1.807) is 18.2 Å². The van der Waals surface area contributed by atoms with Gasteiger partial charge < -0.3 is 5.73 Å². The molecule has 0 amide bonds. The monoisotopic (exact) mass is 321 g/mol. The summed E-state index contributed by atoms with van der Waals surface area (Å²) in [7, 11) is 0. The van der Waals surface area contributed by atoms with Crippen molar-refractivity contribution in [2.24, 2.45) is 0 Å². The molecule has 3 aromatic rings. The van der Waals surface area contributed by atoms with Gasteiger partial charge in [0, 0.05) is 16.8 Å². The molecule has 0 atom stereocenters. The van der Waals surface area contributed by atoms with Crippen molar-refractivity contribution < 1.29 is 9.59 Å². The molecule has 0 unspecified atom stereocenters. The predicted octanol–water partition coefficient (Wildman–Crippen LogP) is 4.04. The van der Waals surface area contributed by atoms with E-state index in [4.69, 9.17) is 5.73 Å². The number of benzene rings is 3. The third-order valence-corrected chi connectivity index (χ3v) is 3.37. The lowest BCUT2D eigenvalue weighted by Crippen LogP contribution is -1.95. The van der Waals surface area contributed by atoms with E-state index in [2.05, 4.69) is 0 Å². The molecule has 0 aliphatic heterocycles. The summed E-state index contributed by atoms with van der Waals surface area (Å²) >= 11 is 0. The van der Waals surface area contributed by atoms with Gasteiger partial charge >= 0.3 is 0 Å². The van der Waals surface area contributed by atoms with Gasteiger partial charge in [0.2, 0.25) is 0 Å². The van der Waals surface area contributed by atoms with Crippen LogP contribution in [0.25, 0.3) is 21.5 Å². The predicted molar refractivity (Wildman–Crippen MR) is 91.1 cm³/mol. The van der Waals surface area contributed by atoms with E-state index in [1.807, 2.05) is 24.3 Å². The molecule has 0 aliphatic rings. The summed E-state index contributed by atoms with van der Waals surface area (Å²) < 4.78 is 0. The van der Waals surface area contributed by atoms with E-state index in [-0.39, 0.29) is 24.8 Å². The number of rotatable bonds is 2. The smallest absolute Gasteiger partial charge is 0.151 e. The molecule has 0 spiro atoms. The molecular weight excluding hydrogens is 309 g/mol. The molecular formula is C16H13Cl2NO2. The zero-order valence-electron chi connectivity index (χ0n) is 10.9. The van der Waals surface area contributed by atoms with Crippen molar-refractivity contribution in [1.82, 2.24) is 0 Å².